The van der Waals surface area contributed by atoms with Crippen LogP contribution in [0.2, 0.25) is 5.02 Å². The Morgan fingerprint density at radius 3 is 2.64 bits per heavy atom. The standard InChI is InChI=1S/C19H15ClN2O6/c1-10-13-5-3-4-6-16(13)28-17(10)19(24)27-11(2)18(23)21-15-9-12(22(25)26)7-8-14(15)20/h3-9,11H,1-2H3,(H,21,23)/t11-/m1/s1. The number of aryl methyl sites for hydroxylation is 1. The van der Waals surface area contributed by atoms with E-state index >= 15 is 0 Å². The van der Waals surface area contributed by atoms with Crippen molar-refractivity contribution in [1.29, 1.82) is 0 Å². The molecule has 0 radical (unpaired) electrons. The summed E-state index contributed by atoms with van der Waals surface area (Å²) in [5.74, 6) is -1.47. The van der Waals surface area contributed by atoms with Crippen molar-refractivity contribution in [2.45, 2.75) is 20.0 Å². The number of nitrogens with zero attached hydrogens (tertiary/aromatic N) is 1. The number of hydrogen-bond acceptors (Lipinski definition) is 6. The highest BCUT2D eigenvalue weighted by Crippen LogP contribution is 2.28. The molecule has 1 amide bonds. The first-order valence-corrected chi connectivity index (χ1v) is 8.59. The zero-order valence-corrected chi connectivity index (χ0v) is 15.6. The van der Waals surface area contributed by atoms with E-state index in [0.29, 0.717) is 11.1 Å². The molecule has 28 heavy (non-hydrogen) atoms. The van der Waals surface area contributed by atoms with Gasteiger partial charge in [0.05, 0.1) is 15.6 Å². The predicted octanol–water partition coefficient (Wildman–Crippen LogP) is 4.49. The van der Waals surface area contributed by atoms with Gasteiger partial charge < -0.3 is 14.5 Å². The second-order valence-electron chi connectivity index (χ2n) is 6.01. The number of furan rings is 1. The van der Waals surface area contributed by atoms with Gasteiger partial charge in [0.25, 0.3) is 11.6 Å². The lowest BCUT2D eigenvalue weighted by atomic mass is 10.1. The number of anilines is 1. The van der Waals surface area contributed by atoms with Gasteiger partial charge in [-0.05, 0) is 26.0 Å². The van der Waals surface area contributed by atoms with Gasteiger partial charge in [0, 0.05) is 23.1 Å². The molecule has 1 heterocycles. The molecule has 0 aliphatic heterocycles. The van der Waals surface area contributed by atoms with Crippen LogP contribution in [0, 0.1) is 17.0 Å². The maximum atomic E-state index is 12.4. The number of rotatable bonds is 5. The van der Waals surface area contributed by atoms with Crippen LogP contribution in [0.4, 0.5) is 11.4 Å². The monoisotopic (exact) mass is 402 g/mol. The van der Waals surface area contributed by atoms with Crippen LogP contribution in [-0.4, -0.2) is 22.9 Å². The number of halogens is 1. The third kappa shape index (κ3) is 3.81. The third-order valence-electron chi connectivity index (χ3n) is 4.10. The Balaban J connectivity index is 1.73. The number of non-ortho nitro benzene ring substituents is 1. The molecule has 0 unspecified atom stereocenters. The van der Waals surface area contributed by atoms with Gasteiger partial charge in [-0.1, -0.05) is 29.8 Å². The Labute approximate surface area is 164 Å². The zero-order valence-electron chi connectivity index (χ0n) is 14.9. The van der Waals surface area contributed by atoms with Crippen molar-refractivity contribution in [3.8, 4) is 0 Å². The van der Waals surface area contributed by atoms with Crippen molar-refractivity contribution in [2.24, 2.45) is 0 Å². The molecule has 0 aliphatic rings. The van der Waals surface area contributed by atoms with E-state index in [2.05, 4.69) is 5.32 Å². The van der Waals surface area contributed by atoms with E-state index in [0.717, 1.165) is 11.5 Å². The molecule has 0 aliphatic carbocycles. The summed E-state index contributed by atoms with van der Waals surface area (Å²) in [6, 6.07) is 10.8. The van der Waals surface area contributed by atoms with E-state index in [1.165, 1.54) is 19.1 Å². The molecule has 9 heteroatoms. The molecule has 2 aromatic carbocycles. The van der Waals surface area contributed by atoms with Crippen molar-refractivity contribution in [2.75, 3.05) is 5.32 Å². The normalized spacial score (nSPS) is 11.8. The minimum atomic E-state index is -1.18. The largest absolute Gasteiger partial charge is 0.449 e. The summed E-state index contributed by atoms with van der Waals surface area (Å²) in [7, 11) is 0. The summed E-state index contributed by atoms with van der Waals surface area (Å²) in [4.78, 5) is 35.0. The predicted molar refractivity (Wildman–Crippen MR) is 103 cm³/mol. The molecule has 1 aromatic heterocycles. The summed E-state index contributed by atoms with van der Waals surface area (Å²) in [6.07, 6.45) is -1.18. The van der Waals surface area contributed by atoms with Gasteiger partial charge in [0.2, 0.25) is 5.76 Å². The Morgan fingerprint density at radius 1 is 1.25 bits per heavy atom. The number of nitro benzene ring substituents is 1. The fourth-order valence-corrected chi connectivity index (χ4v) is 2.76. The molecule has 3 aromatic rings. The number of amides is 1. The highest BCUT2D eigenvalue weighted by atomic mass is 35.5. The Bertz CT molecular complexity index is 1090. The van der Waals surface area contributed by atoms with Crippen molar-refractivity contribution in [3.05, 3.63) is 68.9 Å². The molecule has 144 valence electrons. The van der Waals surface area contributed by atoms with Crippen LogP contribution in [0.25, 0.3) is 11.0 Å². The number of para-hydroxylation sites is 1. The van der Waals surface area contributed by atoms with Crippen molar-refractivity contribution in [1.82, 2.24) is 0 Å². The van der Waals surface area contributed by atoms with Crippen LogP contribution in [0.1, 0.15) is 23.0 Å². The summed E-state index contributed by atoms with van der Waals surface area (Å²) in [6.45, 7) is 3.09. The van der Waals surface area contributed by atoms with Crippen LogP contribution in [0.3, 0.4) is 0 Å². The first kappa shape index (κ1) is 19.4. The van der Waals surface area contributed by atoms with Crippen LogP contribution in [-0.2, 0) is 9.53 Å². The van der Waals surface area contributed by atoms with Crippen LogP contribution in [0.5, 0.6) is 0 Å². The van der Waals surface area contributed by atoms with Crippen LogP contribution < -0.4 is 5.32 Å². The van der Waals surface area contributed by atoms with Gasteiger partial charge in [0.1, 0.15) is 5.58 Å². The molecule has 0 fully saturated rings. The van der Waals surface area contributed by atoms with Crippen molar-refractivity contribution >= 4 is 45.8 Å². The number of ether oxygens (including phenoxy) is 1. The molecule has 0 saturated carbocycles. The lowest BCUT2D eigenvalue weighted by molar-refractivity contribution is -0.384. The van der Waals surface area contributed by atoms with Crippen LogP contribution >= 0.6 is 11.6 Å². The van der Waals surface area contributed by atoms with Crippen LogP contribution in [0.15, 0.2) is 46.9 Å². The quantitative estimate of drug-likeness (QED) is 0.382. The molecular weight excluding hydrogens is 388 g/mol. The van der Waals surface area contributed by atoms with Crippen molar-refractivity contribution in [3.63, 3.8) is 0 Å². The molecule has 1 atom stereocenters. The molecule has 0 bridgehead atoms. The van der Waals surface area contributed by atoms with E-state index in [1.54, 1.807) is 19.1 Å². The molecular formula is C19H15ClN2O6. The number of nitro groups is 1. The van der Waals surface area contributed by atoms with E-state index in [4.69, 9.17) is 20.8 Å². The van der Waals surface area contributed by atoms with Gasteiger partial charge in [-0.15, -0.1) is 0 Å². The number of carbonyl (C=O) groups is 2. The Kier molecular flexibility index (Phi) is 5.32. The number of nitrogens with one attached hydrogen (secondary N) is 1. The second-order valence-corrected chi connectivity index (χ2v) is 6.42. The summed E-state index contributed by atoms with van der Waals surface area (Å²) < 4.78 is 10.7. The van der Waals surface area contributed by atoms with Gasteiger partial charge in [-0.25, -0.2) is 4.79 Å². The van der Waals surface area contributed by atoms with E-state index < -0.39 is 22.9 Å². The number of hydrogen-bond donors (Lipinski definition) is 1. The minimum Gasteiger partial charge on any atom is -0.449 e. The number of fused-ring (bicyclic) bond motifs is 1. The molecule has 0 spiro atoms. The highest BCUT2D eigenvalue weighted by Gasteiger charge is 2.25. The third-order valence-corrected chi connectivity index (χ3v) is 4.43. The zero-order chi connectivity index (χ0) is 20.4. The summed E-state index contributed by atoms with van der Waals surface area (Å²) in [5.41, 5.74) is 0.952. The molecule has 0 saturated heterocycles. The van der Waals surface area contributed by atoms with E-state index in [9.17, 15) is 19.7 Å². The van der Waals surface area contributed by atoms with Gasteiger partial charge >= 0.3 is 5.97 Å². The lowest BCUT2D eigenvalue weighted by Gasteiger charge is -2.13. The number of carbonyl (C=O) groups excluding carboxylic acids is 2. The van der Waals surface area contributed by atoms with E-state index in [-0.39, 0.29) is 22.2 Å². The van der Waals surface area contributed by atoms with E-state index in [1.807, 2.05) is 12.1 Å². The average molecular weight is 403 g/mol. The number of esters is 1. The maximum Gasteiger partial charge on any atom is 0.375 e. The summed E-state index contributed by atoms with van der Waals surface area (Å²) in [5, 5.41) is 14.2. The smallest absolute Gasteiger partial charge is 0.375 e. The topological polar surface area (TPSA) is 112 Å². The van der Waals surface area contributed by atoms with Crippen molar-refractivity contribution < 1.29 is 23.7 Å². The first-order valence-electron chi connectivity index (χ1n) is 8.22. The summed E-state index contributed by atoms with van der Waals surface area (Å²) >= 11 is 5.96. The number of benzene rings is 2. The highest BCUT2D eigenvalue weighted by molar-refractivity contribution is 6.33. The Hall–Kier alpha value is -3.39. The Morgan fingerprint density at radius 2 is 1.96 bits per heavy atom. The molecule has 3 rings (SSSR count). The first-order chi connectivity index (χ1) is 13.3. The second kappa shape index (κ2) is 7.69. The van der Waals surface area contributed by atoms with Gasteiger partial charge in [-0.2, -0.15) is 0 Å². The minimum absolute atomic E-state index is 0.00855. The molecule has 8 nitrogen and oxygen atoms in total. The fraction of sp³-hybridized carbons (Fsp3) is 0.158. The molecule has 1 N–H and O–H groups in total. The van der Waals surface area contributed by atoms with Gasteiger partial charge in [-0.3, -0.25) is 14.9 Å². The lowest BCUT2D eigenvalue weighted by Crippen LogP contribution is -2.30. The average Bonchev–Trinajstić information content (AvgIpc) is 3.00. The maximum absolute atomic E-state index is 12.4. The van der Waals surface area contributed by atoms with Gasteiger partial charge in [0.15, 0.2) is 6.10 Å². The SMILES string of the molecule is Cc1c(C(=O)O[C@H](C)C(=O)Nc2cc([N+](=O)[O-])ccc2Cl)oc2ccccc12. The fourth-order valence-electron chi connectivity index (χ4n) is 2.59.